The summed E-state index contributed by atoms with van der Waals surface area (Å²) in [7, 11) is 0. The van der Waals surface area contributed by atoms with E-state index in [0.29, 0.717) is 27.8 Å². The monoisotopic (exact) mass is 518 g/mol. The maximum absolute atomic E-state index is 13.9. The van der Waals surface area contributed by atoms with Gasteiger partial charge in [-0.05, 0) is 66.6 Å². The van der Waals surface area contributed by atoms with E-state index in [4.69, 9.17) is 5.73 Å². The van der Waals surface area contributed by atoms with Crippen molar-refractivity contribution in [3.63, 3.8) is 0 Å². The van der Waals surface area contributed by atoms with Gasteiger partial charge in [0.05, 0.1) is 11.2 Å². The van der Waals surface area contributed by atoms with Gasteiger partial charge in [-0.3, -0.25) is 9.59 Å². The predicted octanol–water partition coefficient (Wildman–Crippen LogP) is 5.85. The molecule has 4 N–H and O–H groups in total. The summed E-state index contributed by atoms with van der Waals surface area (Å²) in [4.78, 5) is 37.2. The average Bonchev–Trinajstić information content (AvgIpc) is 2.95. The molecule has 0 unspecified atom stereocenters. The number of benzene rings is 3. The van der Waals surface area contributed by atoms with Crippen LogP contribution in [0.1, 0.15) is 17.3 Å². The van der Waals surface area contributed by atoms with E-state index in [1.165, 1.54) is 30.7 Å². The van der Waals surface area contributed by atoms with Crippen LogP contribution in [0.2, 0.25) is 0 Å². The quantitative estimate of drug-likeness (QED) is 0.192. The first-order chi connectivity index (χ1) is 18.9. The van der Waals surface area contributed by atoms with Gasteiger partial charge in [-0.15, -0.1) is 0 Å². The number of hydrogen-bond acceptors (Lipinski definition) is 6. The number of rotatable bonds is 6. The van der Waals surface area contributed by atoms with E-state index >= 15 is 0 Å². The maximum Gasteiger partial charge on any atom is 0.256 e. The second-order valence-corrected chi connectivity index (χ2v) is 8.61. The van der Waals surface area contributed by atoms with E-state index in [-0.39, 0.29) is 11.7 Å². The molecule has 0 saturated heterocycles. The van der Waals surface area contributed by atoms with Gasteiger partial charge in [0.25, 0.3) is 5.91 Å². The van der Waals surface area contributed by atoms with Crippen molar-refractivity contribution < 1.29 is 14.0 Å². The van der Waals surface area contributed by atoms with Crippen LogP contribution in [0.4, 0.5) is 21.6 Å². The van der Waals surface area contributed by atoms with E-state index < -0.39 is 11.7 Å². The number of nitrogen functional groups attached to an aromatic ring is 1. The smallest absolute Gasteiger partial charge is 0.256 e. The van der Waals surface area contributed by atoms with Gasteiger partial charge in [-0.2, -0.15) is 0 Å². The Morgan fingerprint density at radius 2 is 1.74 bits per heavy atom. The van der Waals surface area contributed by atoms with Gasteiger partial charge >= 0.3 is 0 Å². The fraction of sp³-hybridized carbons (Fsp3) is 0.0333. The van der Waals surface area contributed by atoms with Crippen molar-refractivity contribution >= 4 is 39.9 Å². The molecule has 5 rings (SSSR count). The molecule has 2 aromatic heterocycles. The summed E-state index contributed by atoms with van der Waals surface area (Å²) in [5.41, 5.74) is 11.8. The third kappa shape index (κ3) is 5.33. The van der Waals surface area contributed by atoms with Gasteiger partial charge in [0.1, 0.15) is 6.33 Å². The van der Waals surface area contributed by atoms with Crippen LogP contribution in [0.25, 0.3) is 33.2 Å². The Morgan fingerprint density at radius 3 is 2.51 bits per heavy atom. The Morgan fingerprint density at radius 1 is 0.923 bits per heavy atom. The molecule has 39 heavy (non-hydrogen) atoms. The Kier molecular flexibility index (Phi) is 7.05. The average molecular weight is 519 g/mol. The molecule has 0 bridgehead atoms. The number of nitrogens with one attached hydrogen (secondary N) is 2. The molecule has 0 fully saturated rings. The molecule has 0 radical (unpaired) electrons. The molecule has 0 aliphatic rings. The number of carbonyl (C=O) groups is 2. The number of nitrogens with two attached hydrogens (primary N) is 1. The van der Waals surface area contributed by atoms with Gasteiger partial charge < -0.3 is 16.4 Å². The zero-order valence-electron chi connectivity index (χ0n) is 20.9. The van der Waals surface area contributed by atoms with E-state index in [0.717, 1.165) is 22.3 Å². The minimum absolute atomic E-state index is 0.140. The number of fused-ring (bicyclic) bond motifs is 1. The number of pyridine rings is 1. The van der Waals surface area contributed by atoms with Gasteiger partial charge in [0.2, 0.25) is 5.91 Å². The third-order valence-electron chi connectivity index (χ3n) is 6.04. The number of nitrogens with zero attached hydrogens (tertiary/aromatic N) is 3. The van der Waals surface area contributed by atoms with Gasteiger partial charge in [0.15, 0.2) is 11.6 Å². The highest BCUT2D eigenvalue weighted by atomic mass is 19.1. The van der Waals surface area contributed by atoms with Crippen LogP contribution >= 0.6 is 0 Å². The lowest BCUT2D eigenvalue weighted by molar-refractivity contribution is -0.111. The number of halogens is 1. The molecule has 0 atom stereocenters. The zero-order chi connectivity index (χ0) is 27.4. The topological polar surface area (TPSA) is 123 Å². The van der Waals surface area contributed by atoms with Crippen molar-refractivity contribution in [3.05, 3.63) is 109 Å². The molecule has 192 valence electrons. The SMILES string of the molecule is C/C=C/C(=O)Nc1cccc(-c2cc(-c3ccc(C(=O)Nc4ncccc4F)cc3)c(N)c3cncnc23)c1. The van der Waals surface area contributed by atoms with Crippen LogP contribution in [0.15, 0.2) is 97.6 Å². The van der Waals surface area contributed by atoms with Crippen LogP contribution in [0.5, 0.6) is 0 Å². The highest BCUT2D eigenvalue weighted by molar-refractivity contribution is 6.08. The molecular formula is C30H23FN6O2. The Labute approximate surface area is 223 Å². The van der Waals surface area contributed by atoms with Crippen molar-refractivity contribution in [1.29, 1.82) is 0 Å². The normalized spacial score (nSPS) is 11.0. The summed E-state index contributed by atoms with van der Waals surface area (Å²) in [5.74, 6) is -1.48. The molecule has 8 nitrogen and oxygen atoms in total. The fourth-order valence-electron chi connectivity index (χ4n) is 4.19. The minimum atomic E-state index is -0.619. The molecule has 0 aliphatic carbocycles. The number of allylic oxidation sites excluding steroid dienone is 1. The summed E-state index contributed by atoms with van der Waals surface area (Å²) in [6, 6.07) is 18.8. The molecule has 9 heteroatoms. The van der Waals surface area contributed by atoms with Crippen LogP contribution in [-0.4, -0.2) is 26.8 Å². The van der Waals surface area contributed by atoms with Crippen molar-refractivity contribution in [3.8, 4) is 22.3 Å². The molecule has 2 amide bonds. The summed E-state index contributed by atoms with van der Waals surface area (Å²) >= 11 is 0. The number of amides is 2. The predicted molar refractivity (Wildman–Crippen MR) is 150 cm³/mol. The van der Waals surface area contributed by atoms with Crippen LogP contribution in [0, 0.1) is 5.82 Å². The highest BCUT2D eigenvalue weighted by Gasteiger charge is 2.16. The zero-order valence-corrected chi connectivity index (χ0v) is 20.9. The number of anilines is 3. The van der Waals surface area contributed by atoms with Crippen LogP contribution in [0.3, 0.4) is 0 Å². The van der Waals surface area contributed by atoms with Gasteiger partial charge in [0, 0.05) is 40.2 Å². The first-order valence-electron chi connectivity index (χ1n) is 12.0. The Balaban J connectivity index is 1.52. The lowest BCUT2D eigenvalue weighted by atomic mass is 9.93. The fourth-order valence-corrected chi connectivity index (χ4v) is 4.19. The molecular weight excluding hydrogens is 495 g/mol. The summed E-state index contributed by atoms with van der Waals surface area (Å²) in [6.45, 7) is 1.77. The van der Waals surface area contributed by atoms with Gasteiger partial charge in [-0.1, -0.05) is 30.3 Å². The van der Waals surface area contributed by atoms with Crippen LogP contribution in [-0.2, 0) is 4.79 Å². The van der Waals surface area contributed by atoms with Crippen molar-refractivity contribution in [2.75, 3.05) is 16.4 Å². The van der Waals surface area contributed by atoms with Crippen molar-refractivity contribution in [1.82, 2.24) is 15.0 Å². The largest absolute Gasteiger partial charge is 0.398 e. The lowest BCUT2D eigenvalue weighted by Crippen LogP contribution is -2.14. The second kappa shape index (κ2) is 10.9. The number of carbonyl (C=O) groups excluding carboxylic acids is 2. The van der Waals surface area contributed by atoms with Crippen LogP contribution < -0.4 is 16.4 Å². The van der Waals surface area contributed by atoms with E-state index in [1.54, 1.807) is 49.5 Å². The van der Waals surface area contributed by atoms with E-state index in [2.05, 4.69) is 25.6 Å². The summed E-state index contributed by atoms with van der Waals surface area (Å²) in [5, 5.41) is 5.99. The molecule has 3 aromatic carbocycles. The standard InChI is InChI=1S/C30H23FN6O2/c1-2-5-26(38)36-21-7-3-6-20(14-21)23-15-22(27(32)24-16-33-17-35-28(23)24)18-9-11-19(12-10-18)30(39)37-29-25(31)8-4-13-34-29/h2-17H,32H2,1H3,(H,36,38)(H,34,37,39)/b5-2+. The highest BCUT2D eigenvalue weighted by Crippen LogP contribution is 2.39. The Hall–Kier alpha value is -5.44. The number of hydrogen-bond donors (Lipinski definition) is 3. The van der Waals surface area contributed by atoms with Crippen molar-refractivity contribution in [2.24, 2.45) is 0 Å². The lowest BCUT2D eigenvalue weighted by Gasteiger charge is -2.15. The van der Waals surface area contributed by atoms with Gasteiger partial charge in [-0.25, -0.2) is 19.3 Å². The third-order valence-corrected chi connectivity index (χ3v) is 6.04. The maximum atomic E-state index is 13.9. The summed E-state index contributed by atoms with van der Waals surface area (Å²) in [6.07, 6.45) is 7.64. The first kappa shape index (κ1) is 25.2. The van der Waals surface area contributed by atoms with E-state index in [9.17, 15) is 14.0 Å². The van der Waals surface area contributed by atoms with Crippen molar-refractivity contribution in [2.45, 2.75) is 6.92 Å². The molecule has 0 aliphatic heterocycles. The molecule has 0 spiro atoms. The molecule has 0 saturated carbocycles. The number of aromatic nitrogens is 3. The minimum Gasteiger partial charge on any atom is -0.398 e. The Bertz CT molecular complexity index is 1730. The molecule has 2 heterocycles. The van der Waals surface area contributed by atoms with E-state index in [1.807, 2.05) is 24.3 Å². The second-order valence-electron chi connectivity index (χ2n) is 8.61. The summed E-state index contributed by atoms with van der Waals surface area (Å²) < 4.78 is 13.9. The molecule has 5 aromatic rings. The first-order valence-corrected chi connectivity index (χ1v) is 12.0.